The van der Waals surface area contributed by atoms with Crippen molar-refractivity contribution < 1.29 is 44.3 Å². The van der Waals surface area contributed by atoms with Gasteiger partial charge in [-0.05, 0) is 36.4 Å². The van der Waals surface area contributed by atoms with E-state index in [1.54, 1.807) is 0 Å². The van der Waals surface area contributed by atoms with Crippen LogP contribution in [0.3, 0.4) is 0 Å². The van der Waals surface area contributed by atoms with Crippen LogP contribution >= 0.6 is 0 Å². The van der Waals surface area contributed by atoms with Crippen molar-refractivity contribution in [2.45, 2.75) is 17.2 Å². The number of hydrogen-bond donors (Lipinski definition) is 1. The summed E-state index contributed by atoms with van der Waals surface area (Å²) in [7, 11) is -3.90. The third-order valence-electron chi connectivity index (χ3n) is 6.21. The quantitative estimate of drug-likeness (QED) is 0.334. The lowest BCUT2D eigenvalue weighted by atomic mass is 10.1. The Kier molecular flexibility index (Phi) is 7.25. The molecule has 2 aromatic carbocycles. The summed E-state index contributed by atoms with van der Waals surface area (Å²) in [5, 5.41) is 6.10. The highest BCUT2D eigenvalue weighted by atomic mass is 32.2. The number of sulfonamides is 1. The zero-order chi connectivity index (χ0) is 29.6. The average molecular weight is 600 g/mol. The van der Waals surface area contributed by atoms with Crippen molar-refractivity contribution in [3.63, 3.8) is 0 Å². The Morgan fingerprint density at radius 2 is 1.61 bits per heavy atom. The van der Waals surface area contributed by atoms with Gasteiger partial charge < -0.3 is 10.1 Å². The van der Waals surface area contributed by atoms with Gasteiger partial charge in [-0.15, -0.1) is 0 Å². The molecule has 16 heteroatoms. The monoisotopic (exact) mass is 599 g/mol. The fourth-order valence-electron chi connectivity index (χ4n) is 4.17. The number of carbonyl (C=O) groups excluding carboxylic acids is 1. The Morgan fingerprint density at radius 3 is 2.24 bits per heavy atom. The summed E-state index contributed by atoms with van der Waals surface area (Å²) >= 11 is 0. The van der Waals surface area contributed by atoms with E-state index in [4.69, 9.17) is 4.74 Å². The number of alkyl halides is 6. The zero-order valence-electron chi connectivity index (χ0n) is 20.7. The van der Waals surface area contributed by atoms with Gasteiger partial charge in [0.15, 0.2) is 11.3 Å². The van der Waals surface area contributed by atoms with Crippen LogP contribution in [0, 0.1) is 0 Å². The maximum atomic E-state index is 13.9. The van der Waals surface area contributed by atoms with Crippen molar-refractivity contribution in [1.29, 1.82) is 0 Å². The molecule has 0 saturated carbocycles. The van der Waals surface area contributed by atoms with Crippen LogP contribution in [0.25, 0.3) is 16.9 Å². The molecule has 4 aromatic rings. The van der Waals surface area contributed by atoms with Crippen LogP contribution < -0.4 is 5.32 Å². The number of morpholine rings is 1. The molecule has 1 aliphatic heterocycles. The second-order valence-corrected chi connectivity index (χ2v) is 10.8. The van der Waals surface area contributed by atoms with Gasteiger partial charge in [-0.3, -0.25) is 4.79 Å². The first kappa shape index (κ1) is 28.5. The molecule has 0 unspecified atom stereocenters. The fraction of sp³-hybridized carbons (Fsp3) is 0.240. The Morgan fingerprint density at radius 1 is 0.927 bits per heavy atom. The molecule has 0 spiro atoms. The molecule has 0 bridgehead atoms. The molecule has 3 heterocycles. The molecule has 0 radical (unpaired) electrons. The van der Waals surface area contributed by atoms with Crippen molar-refractivity contribution in [2.75, 3.05) is 31.6 Å². The molecule has 1 N–H and O–H groups in total. The smallest absolute Gasteiger partial charge is 0.379 e. The second kappa shape index (κ2) is 10.4. The van der Waals surface area contributed by atoms with E-state index in [0.717, 1.165) is 18.3 Å². The first-order valence-electron chi connectivity index (χ1n) is 11.9. The van der Waals surface area contributed by atoms with Gasteiger partial charge in [0.05, 0.1) is 35.6 Å². The summed E-state index contributed by atoms with van der Waals surface area (Å²) in [6, 6.07) is 9.29. The number of hydrogen-bond acceptors (Lipinski definition) is 6. The minimum Gasteiger partial charge on any atom is -0.379 e. The van der Waals surface area contributed by atoms with E-state index >= 15 is 0 Å². The van der Waals surface area contributed by atoms with Gasteiger partial charge in [0.1, 0.15) is 5.56 Å². The summed E-state index contributed by atoms with van der Waals surface area (Å²) in [4.78, 5) is 17.1. The Bertz CT molecular complexity index is 1710. The molecule has 1 amide bonds. The number of carbonyl (C=O) groups is 1. The molecule has 1 fully saturated rings. The third kappa shape index (κ3) is 5.75. The zero-order valence-corrected chi connectivity index (χ0v) is 21.5. The molecule has 1 aliphatic rings. The van der Waals surface area contributed by atoms with Crippen LogP contribution in [0.4, 0.5) is 32.0 Å². The average Bonchev–Trinajstić information content (AvgIpc) is 3.36. The van der Waals surface area contributed by atoms with E-state index in [9.17, 15) is 39.6 Å². The predicted molar refractivity (Wildman–Crippen MR) is 132 cm³/mol. The Labute approximate surface area is 228 Å². The standard InChI is InChI=1S/C25H19F6N5O4S/c26-24(27,28)16-6-4-15(5-7-16)20-13-21(25(29,30)31)36-22(34-20)19(14-32-36)23(37)33-17-2-1-3-18(12-17)41(38,39)35-8-10-40-11-9-35/h1-7,12-14H,8-11H2,(H,33,37). The Hall–Kier alpha value is -4.02. The summed E-state index contributed by atoms with van der Waals surface area (Å²) in [5.41, 5.74) is -3.56. The SMILES string of the molecule is O=C(Nc1cccc(S(=O)(=O)N2CCOCC2)c1)c1cnn2c(C(F)(F)F)cc(-c3ccc(C(F)(F)F)cc3)nc12. The van der Waals surface area contributed by atoms with Gasteiger partial charge in [0, 0.05) is 24.3 Å². The highest BCUT2D eigenvalue weighted by Crippen LogP contribution is 2.34. The van der Waals surface area contributed by atoms with Gasteiger partial charge in [0.2, 0.25) is 10.0 Å². The van der Waals surface area contributed by atoms with Crippen molar-refractivity contribution in [3.05, 3.63) is 77.6 Å². The largest absolute Gasteiger partial charge is 0.433 e. The van der Waals surface area contributed by atoms with E-state index < -0.39 is 45.2 Å². The predicted octanol–water partition coefficient (Wildman–Crippen LogP) is 4.71. The minimum absolute atomic E-state index is 0.0404. The van der Waals surface area contributed by atoms with Crippen LogP contribution in [0.1, 0.15) is 21.6 Å². The fourth-order valence-corrected chi connectivity index (χ4v) is 5.63. The number of nitrogens with one attached hydrogen (secondary N) is 1. The van der Waals surface area contributed by atoms with E-state index in [1.807, 2.05) is 0 Å². The topological polar surface area (TPSA) is 106 Å². The summed E-state index contributed by atoms with van der Waals surface area (Å²) in [6.07, 6.45) is -8.75. The first-order chi connectivity index (χ1) is 19.2. The molecule has 0 aliphatic carbocycles. The molecule has 41 heavy (non-hydrogen) atoms. The molecular formula is C25H19F6N5O4S. The number of amides is 1. The third-order valence-corrected chi connectivity index (χ3v) is 8.11. The highest BCUT2D eigenvalue weighted by molar-refractivity contribution is 7.89. The van der Waals surface area contributed by atoms with Crippen molar-refractivity contribution in [3.8, 4) is 11.3 Å². The first-order valence-corrected chi connectivity index (χ1v) is 13.3. The molecule has 5 rings (SSSR count). The van der Waals surface area contributed by atoms with Gasteiger partial charge >= 0.3 is 12.4 Å². The van der Waals surface area contributed by atoms with E-state index in [0.29, 0.717) is 22.7 Å². The number of halogens is 6. The second-order valence-electron chi connectivity index (χ2n) is 8.89. The Balaban J connectivity index is 1.50. The molecule has 0 atom stereocenters. The van der Waals surface area contributed by atoms with Crippen molar-refractivity contribution >= 4 is 27.3 Å². The molecule has 2 aromatic heterocycles. The van der Waals surface area contributed by atoms with Crippen LogP contribution in [0.2, 0.25) is 0 Å². The van der Waals surface area contributed by atoms with E-state index in [1.165, 1.54) is 28.6 Å². The van der Waals surface area contributed by atoms with Crippen molar-refractivity contribution in [1.82, 2.24) is 18.9 Å². The van der Waals surface area contributed by atoms with E-state index in [-0.39, 0.29) is 53.7 Å². The summed E-state index contributed by atoms with van der Waals surface area (Å²) in [6.45, 7) is 0.753. The van der Waals surface area contributed by atoms with Crippen LogP contribution in [-0.4, -0.2) is 59.5 Å². The number of ether oxygens (including phenoxy) is 1. The van der Waals surface area contributed by atoms with Gasteiger partial charge in [0.25, 0.3) is 5.91 Å². The molecule has 1 saturated heterocycles. The van der Waals surface area contributed by atoms with Crippen molar-refractivity contribution in [2.24, 2.45) is 0 Å². The summed E-state index contributed by atoms with van der Waals surface area (Å²) in [5.74, 6) is -0.939. The lowest BCUT2D eigenvalue weighted by Crippen LogP contribution is -2.40. The van der Waals surface area contributed by atoms with Gasteiger partial charge in [-0.1, -0.05) is 18.2 Å². The van der Waals surface area contributed by atoms with Crippen LogP contribution in [0.5, 0.6) is 0 Å². The maximum Gasteiger partial charge on any atom is 0.433 e. The number of benzene rings is 2. The van der Waals surface area contributed by atoms with Crippen LogP contribution in [-0.2, 0) is 27.1 Å². The summed E-state index contributed by atoms with van der Waals surface area (Å²) < 4.78 is 113. The number of rotatable bonds is 5. The maximum absolute atomic E-state index is 13.9. The molecule has 9 nitrogen and oxygen atoms in total. The lowest BCUT2D eigenvalue weighted by molar-refractivity contribution is -0.142. The number of anilines is 1. The molecule has 216 valence electrons. The normalized spacial score (nSPS) is 15.3. The van der Waals surface area contributed by atoms with Crippen LogP contribution in [0.15, 0.2) is 65.7 Å². The lowest BCUT2D eigenvalue weighted by Gasteiger charge is -2.26. The number of aromatic nitrogens is 3. The highest BCUT2D eigenvalue weighted by Gasteiger charge is 2.36. The number of fused-ring (bicyclic) bond motifs is 1. The van der Waals surface area contributed by atoms with Gasteiger partial charge in [-0.25, -0.2) is 17.9 Å². The van der Waals surface area contributed by atoms with E-state index in [2.05, 4.69) is 15.4 Å². The molecular weight excluding hydrogens is 580 g/mol. The van der Waals surface area contributed by atoms with Gasteiger partial charge in [-0.2, -0.15) is 35.7 Å². The number of nitrogens with zero attached hydrogens (tertiary/aromatic N) is 4. The minimum atomic E-state index is -4.95.